The fourth-order valence-corrected chi connectivity index (χ4v) is 3.88. The van der Waals surface area contributed by atoms with E-state index < -0.39 is 0 Å². The van der Waals surface area contributed by atoms with Crippen molar-refractivity contribution >= 4 is 29.2 Å². The molecule has 0 aliphatic carbocycles. The molecule has 154 valence electrons. The number of benzene rings is 2. The maximum atomic E-state index is 12.8. The Morgan fingerprint density at radius 1 is 0.800 bits per heavy atom. The molecule has 30 heavy (non-hydrogen) atoms. The molecule has 0 saturated heterocycles. The Hall–Kier alpha value is -3.18. The molecule has 0 saturated carbocycles. The lowest BCUT2D eigenvalue weighted by atomic mass is 10.1. The molecule has 0 spiro atoms. The second-order valence-corrected chi connectivity index (χ2v) is 7.96. The van der Waals surface area contributed by atoms with Gasteiger partial charge >= 0.3 is 0 Å². The van der Waals surface area contributed by atoms with Crippen LogP contribution in [-0.2, 0) is 22.4 Å². The van der Waals surface area contributed by atoms with Gasteiger partial charge in [-0.1, -0.05) is 60.7 Å². The highest BCUT2D eigenvalue weighted by molar-refractivity contribution is 7.11. The molecule has 0 aliphatic heterocycles. The lowest BCUT2D eigenvalue weighted by Crippen LogP contribution is -2.36. The third-order valence-corrected chi connectivity index (χ3v) is 5.72. The van der Waals surface area contributed by atoms with Crippen LogP contribution in [-0.4, -0.2) is 24.9 Å². The van der Waals surface area contributed by atoms with Crippen LogP contribution in [0.3, 0.4) is 0 Å². The van der Waals surface area contributed by atoms with Crippen molar-refractivity contribution < 1.29 is 9.59 Å². The van der Waals surface area contributed by atoms with Crippen molar-refractivity contribution in [2.24, 2.45) is 0 Å². The van der Waals surface area contributed by atoms with Gasteiger partial charge in [-0.25, -0.2) is 0 Å². The minimum atomic E-state index is -0.351. The minimum Gasteiger partial charge on any atom is -0.352 e. The molecule has 0 atom stereocenters. The first-order chi connectivity index (χ1) is 14.6. The second-order valence-electron chi connectivity index (χ2n) is 7.01. The summed E-state index contributed by atoms with van der Waals surface area (Å²) in [7, 11) is 0. The van der Waals surface area contributed by atoms with Gasteiger partial charge in [-0.2, -0.15) is 0 Å². The zero-order valence-corrected chi connectivity index (χ0v) is 17.9. The van der Waals surface area contributed by atoms with Gasteiger partial charge in [0, 0.05) is 18.0 Å². The molecule has 1 aromatic heterocycles. The summed E-state index contributed by atoms with van der Waals surface area (Å²) in [4.78, 5) is 26.5. The molecule has 0 bridgehead atoms. The van der Waals surface area contributed by atoms with Crippen LogP contribution < -0.4 is 10.6 Å². The predicted molar refractivity (Wildman–Crippen MR) is 123 cm³/mol. The summed E-state index contributed by atoms with van der Waals surface area (Å²) in [5.41, 5.74) is 3.47. The van der Waals surface area contributed by atoms with Gasteiger partial charge in [0.05, 0.1) is 0 Å². The normalized spacial score (nSPS) is 10.3. The van der Waals surface area contributed by atoms with E-state index in [9.17, 15) is 9.59 Å². The molecule has 0 aliphatic rings. The van der Waals surface area contributed by atoms with E-state index in [0.717, 1.165) is 21.6 Å². The Balaban J connectivity index is 1.63. The Kier molecular flexibility index (Phi) is 7.98. The maximum Gasteiger partial charge on any atom is 0.256 e. The highest BCUT2D eigenvalue weighted by Gasteiger charge is 2.18. The lowest BCUT2D eigenvalue weighted by Gasteiger charge is -2.10. The smallest absolute Gasteiger partial charge is 0.256 e. The summed E-state index contributed by atoms with van der Waals surface area (Å²) >= 11 is 1.52. The SMILES string of the molecule is Cc1ccsc1C=C(C(=O)NCCc1ccccc1)C(=O)NCCc1ccccc1. The van der Waals surface area contributed by atoms with E-state index in [1.807, 2.05) is 79.0 Å². The largest absolute Gasteiger partial charge is 0.352 e. The summed E-state index contributed by atoms with van der Waals surface area (Å²) in [5, 5.41) is 7.74. The first kappa shape index (κ1) is 21.5. The summed E-state index contributed by atoms with van der Waals surface area (Å²) < 4.78 is 0. The van der Waals surface area contributed by atoms with Gasteiger partial charge in [0.15, 0.2) is 0 Å². The van der Waals surface area contributed by atoms with Gasteiger partial charge in [0.1, 0.15) is 5.57 Å². The van der Waals surface area contributed by atoms with Crippen molar-refractivity contribution in [2.45, 2.75) is 19.8 Å². The Bertz CT molecular complexity index is 935. The highest BCUT2D eigenvalue weighted by atomic mass is 32.1. The number of carbonyl (C=O) groups is 2. The molecule has 2 N–H and O–H groups in total. The van der Waals surface area contributed by atoms with Crippen LogP contribution in [0.15, 0.2) is 77.7 Å². The number of rotatable bonds is 9. The number of hydrogen-bond donors (Lipinski definition) is 2. The molecule has 5 heteroatoms. The Labute approximate surface area is 181 Å². The van der Waals surface area contributed by atoms with Crippen molar-refractivity contribution in [2.75, 3.05) is 13.1 Å². The van der Waals surface area contributed by atoms with Gasteiger partial charge < -0.3 is 10.6 Å². The standard InChI is InChI=1S/C25H26N2O2S/c1-19-14-17-30-23(19)18-22(24(28)26-15-12-20-8-4-2-5-9-20)25(29)27-16-13-21-10-6-3-7-11-21/h2-11,14,17-18H,12-13,15-16H2,1H3,(H,26,28)(H,27,29). The molecule has 0 radical (unpaired) electrons. The topological polar surface area (TPSA) is 58.2 Å². The molecule has 0 fully saturated rings. The molecular weight excluding hydrogens is 392 g/mol. The van der Waals surface area contributed by atoms with Gasteiger partial charge in [0.2, 0.25) is 0 Å². The molecule has 2 amide bonds. The third-order valence-electron chi connectivity index (χ3n) is 4.75. The predicted octanol–water partition coefficient (Wildman–Crippen LogP) is 4.16. The van der Waals surface area contributed by atoms with Crippen molar-refractivity contribution in [3.63, 3.8) is 0 Å². The number of thiophene rings is 1. The van der Waals surface area contributed by atoms with E-state index in [4.69, 9.17) is 0 Å². The molecule has 0 unspecified atom stereocenters. The molecule has 1 heterocycles. The van der Waals surface area contributed by atoms with Crippen LogP contribution >= 0.6 is 11.3 Å². The quantitative estimate of drug-likeness (QED) is 0.311. The monoisotopic (exact) mass is 418 g/mol. The summed E-state index contributed by atoms with van der Waals surface area (Å²) in [6, 6.07) is 21.9. The average Bonchev–Trinajstić information content (AvgIpc) is 3.17. The molecular formula is C25H26N2O2S. The summed E-state index contributed by atoms with van der Waals surface area (Å²) in [5.74, 6) is -0.702. The highest BCUT2D eigenvalue weighted by Crippen LogP contribution is 2.19. The maximum absolute atomic E-state index is 12.8. The van der Waals surface area contributed by atoms with E-state index in [2.05, 4.69) is 10.6 Å². The van der Waals surface area contributed by atoms with E-state index in [0.29, 0.717) is 25.9 Å². The number of hydrogen-bond acceptors (Lipinski definition) is 3. The van der Waals surface area contributed by atoms with Gasteiger partial charge in [0.25, 0.3) is 11.8 Å². The van der Waals surface area contributed by atoms with Crippen LogP contribution in [0.1, 0.15) is 21.6 Å². The first-order valence-electron chi connectivity index (χ1n) is 10.0. The van der Waals surface area contributed by atoms with E-state index >= 15 is 0 Å². The lowest BCUT2D eigenvalue weighted by molar-refractivity contribution is -0.123. The average molecular weight is 419 g/mol. The zero-order valence-electron chi connectivity index (χ0n) is 17.1. The molecule has 4 nitrogen and oxygen atoms in total. The third kappa shape index (κ3) is 6.42. The van der Waals surface area contributed by atoms with Gasteiger partial charge in [-0.15, -0.1) is 11.3 Å². The van der Waals surface area contributed by atoms with E-state index in [1.54, 1.807) is 6.08 Å². The van der Waals surface area contributed by atoms with E-state index in [1.165, 1.54) is 11.3 Å². The fourth-order valence-electron chi connectivity index (χ4n) is 3.02. The molecule has 3 rings (SSSR count). The number of amides is 2. The van der Waals surface area contributed by atoms with Crippen LogP contribution in [0.5, 0.6) is 0 Å². The first-order valence-corrected chi connectivity index (χ1v) is 10.9. The van der Waals surface area contributed by atoms with Crippen molar-refractivity contribution in [1.82, 2.24) is 10.6 Å². The Morgan fingerprint density at radius 2 is 1.30 bits per heavy atom. The molecule has 2 aromatic carbocycles. The van der Waals surface area contributed by atoms with E-state index in [-0.39, 0.29) is 17.4 Å². The van der Waals surface area contributed by atoms with Crippen LogP contribution in [0.2, 0.25) is 0 Å². The second kappa shape index (κ2) is 11.1. The van der Waals surface area contributed by atoms with Gasteiger partial charge in [-0.3, -0.25) is 9.59 Å². The number of carbonyl (C=O) groups excluding carboxylic acids is 2. The summed E-state index contributed by atoms with van der Waals surface area (Å²) in [6.07, 6.45) is 3.12. The van der Waals surface area contributed by atoms with Crippen LogP contribution in [0.4, 0.5) is 0 Å². The zero-order chi connectivity index (χ0) is 21.2. The Morgan fingerprint density at radius 3 is 1.73 bits per heavy atom. The number of aryl methyl sites for hydroxylation is 1. The van der Waals surface area contributed by atoms with Crippen molar-refractivity contribution in [3.8, 4) is 0 Å². The van der Waals surface area contributed by atoms with Gasteiger partial charge in [-0.05, 0) is 54.0 Å². The molecule has 3 aromatic rings. The van der Waals surface area contributed by atoms with Crippen molar-refractivity contribution in [1.29, 1.82) is 0 Å². The number of nitrogens with one attached hydrogen (secondary N) is 2. The summed E-state index contributed by atoms with van der Waals surface area (Å²) in [6.45, 7) is 2.92. The van der Waals surface area contributed by atoms with Crippen molar-refractivity contribution in [3.05, 3.63) is 99.3 Å². The fraction of sp³-hybridized carbons (Fsp3) is 0.200. The minimum absolute atomic E-state index is 0.140. The van der Waals surface area contributed by atoms with Crippen LogP contribution in [0.25, 0.3) is 6.08 Å². The van der Waals surface area contributed by atoms with Crippen LogP contribution in [0, 0.1) is 6.92 Å².